The Hall–Kier alpha value is -0.340. The van der Waals surface area contributed by atoms with Gasteiger partial charge in [0.05, 0.1) is 0 Å². The highest BCUT2D eigenvalue weighted by Gasteiger charge is 2.23. The first-order valence-electron chi connectivity index (χ1n) is 5.22. The molecule has 1 fully saturated rings. The van der Waals surface area contributed by atoms with Crippen molar-refractivity contribution in [3.63, 3.8) is 0 Å². The highest BCUT2D eigenvalue weighted by atomic mass is 16.5. The van der Waals surface area contributed by atoms with Gasteiger partial charge in [0, 0.05) is 19.3 Å². The summed E-state index contributed by atoms with van der Waals surface area (Å²) in [6.07, 6.45) is 2.34. The second kappa shape index (κ2) is 5.40. The largest absolute Gasteiger partial charge is 0.381 e. The van der Waals surface area contributed by atoms with Gasteiger partial charge in [-0.15, -0.1) is 0 Å². The molecule has 76 valence electrons. The molecule has 0 aromatic carbocycles. The van der Waals surface area contributed by atoms with Crippen molar-refractivity contribution in [3.8, 4) is 0 Å². The molecule has 1 rings (SSSR count). The third kappa shape index (κ3) is 3.12. The monoisotopic (exact) mass is 183 g/mol. The van der Waals surface area contributed by atoms with Crippen molar-refractivity contribution in [1.29, 1.82) is 0 Å². The maximum Gasteiger partial charge on any atom is 0.0469 e. The van der Waals surface area contributed by atoms with Crippen molar-refractivity contribution in [3.05, 3.63) is 12.2 Å². The lowest BCUT2D eigenvalue weighted by atomic mass is 9.88. The summed E-state index contributed by atoms with van der Waals surface area (Å²) < 4.78 is 5.35. The first kappa shape index (κ1) is 10.7. The molecule has 0 amide bonds. The van der Waals surface area contributed by atoms with E-state index in [-0.39, 0.29) is 0 Å². The SMILES string of the molecule is C=C(C)C(NCC)C1CCOCC1. The lowest BCUT2D eigenvalue weighted by molar-refractivity contribution is 0.0582. The zero-order valence-corrected chi connectivity index (χ0v) is 8.81. The van der Waals surface area contributed by atoms with Gasteiger partial charge in [0.1, 0.15) is 0 Å². The lowest BCUT2D eigenvalue weighted by Crippen LogP contribution is -2.39. The standard InChI is InChI=1S/C11H21NO/c1-4-12-11(9(2)3)10-5-7-13-8-6-10/h10-12H,2,4-8H2,1,3H3. The zero-order chi connectivity index (χ0) is 9.68. The Morgan fingerprint density at radius 3 is 2.62 bits per heavy atom. The molecule has 0 aromatic rings. The Balaban J connectivity index is 2.46. The minimum Gasteiger partial charge on any atom is -0.381 e. The van der Waals surface area contributed by atoms with Crippen LogP contribution in [0.1, 0.15) is 26.7 Å². The predicted molar refractivity (Wildman–Crippen MR) is 55.8 cm³/mol. The van der Waals surface area contributed by atoms with Crippen molar-refractivity contribution in [1.82, 2.24) is 5.32 Å². The van der Waals surface area contributed by atoms with E-state index in [1.54, 1.807) is 0 Å². The number of hydrogen-bond acceptors (Lipinski definition) is 2. The van der Waals surface area contributed by atoms with Crippen molar-refractivity contribution < 1.29 is 4.74 Å². The van der Waals surface area contributed by atoms with Gasteiger partial charge in [0.25, 0.3) is 0 Å². The zero-order valence-electron chi connectivity index (χ0n) is 8.81. The van der Waals surface area contributed by atoms with Crippen LogP contribution in [0.2, 0.25) is 0 Å². The maximum absolute atomic E-state index is 5.35. The van der Waals surface area contributed by atoms with Crippen LogP contribution in [0.5, 0.6) is 0 Å². The molecular formula is C11H21NO. The van der Waals surface area contributed by atoms with Gasteiger partial charge < -0.3 is 10.1 Å². The smallest absolute Gasteiger partial charge is 0.0469 e. The molecule has 0 radical (unpaired) electrons. The Morgan fingerprint density at radius 2 is 2.15 bits per heavy atom. The Bertz CT molecular complexity index is 161. The van der Waals surface area contributed by atoms with E-state index >= 15 is 0 Å². The van der Waals surface area contributed by atoms with Crippen LogP contribution in [-0.4, -0.2) is 25.8 Å². The minimum atomic E-state index is 0.494. The van der Waals surface area contributed by atoms with E-state index in [2.05, 4.69) is 25.7 Å². The van der Waals surface area contributed by atoms with E-state index in [1.807, 2.05) is 0 Å². The second-order valence-electron chi connectivity index (χ2n) is 3.83. The third-order valence-electron chi connectivity index (χ3n) is 2.69. The van der Waals surface area contributed by atoms with Gasteiger partial charge in [0.2, 0.25) is 0 Å². The van der Waals surface area contributed by atoms with Crippen molar-refractivity contribution in [2.24, 2.45) is 5.92 Å². The van der Waals surface area contributed by atoms with Gasteiger partial charge in [-0.25, -0.2) is 0 Å². The van der Waals surface area contributed by atoms with Crippen LogP contribution in [0.3, 0.4) is 0 Å². The molecule has 1 aliphatic heterocycles. The quantitative estimate of drug-likeness (QED) is 0.673. The van der Waals surface area contributed by atoms with E-state index in [9.17, 15) is 0 Å². The van der Waals surface area contributed by atoms with Crippen LogP contribution < -0.4 is 5.32 Å². The average molecular weight is 183 g/mol. The highest BCUT2D eigenvalue weighted by molar-refractivity contribution is 5.04. The van der Waals surface area contributed by atoms with E-state index in [0.29, 0.717) is 6.04 Å². The predicted octanol–water partition coefficient (Wildman–Crippen LogP) is 1.97. The summed E-state index contributed by atoms with van der Waals surface area (Å²) in [5.74, 6) is 0.728. The van der Waals surface area contributed by atoms with Crippen LogP contribution >= 0.6 is 0 Å². The van der Waals surface area contributed by atoms with Gasteiger partial charge in [-0.1, -0.05) is 19.1 Å². The molecule has 1 heterocycles. The second-order valence-corrected chi connectivity index (χ2v) is 3.83. The van der Waals surface area contributed by atoms with E-state index < -0.39 is 0 Å². The minimum absolute atomic E-state index is 0.494. The molecule has 0 saturated carbocycles. The molecule has 0 spiro atoms. The van der Waals surface area contributed by atoms with Gasteiger partial charge >= 0.3 is 0 Å². The Labute approximate surface area is 81.4 Å². The van der Waals surface area contributed by atoms with Crippen LogP contribution in [0.25, 0.3) is 0 Å². The first-order chi connectivity index (χ1) is 6.25. The van der Waals surface area contributed by atoms with Gasteiger partial charge in [0.15, 0.2) is 0 Å². The molecule has 0 aromatic heterocycles. The van der Waals surface area contributed by atoms with Crippen LogP contribution in [0.15, 0.2) is 12.2 Å². The molecule has 2 nitrogen and oxygen atoms in total. The van der Waals surface area contributed by atoms with Crippen LogP contribution in [-0.2, 0) is 4.74 Å². The fraction of sp³-hybridized carbons (Fsp3) is 0.818. The molecule has 1 saturated heterocycles. The molecule has 1 atom stereocenters. The van der Waals surface area contributed by atoms with Crippen molar-refractivity contribution in [2.75, 3.05) is 19.8 Å². The van der Waals surface area contributed by atoms with E-state index in [1.165, 1.54) is 18.4 Å². The summed E-state index contributed by atoms with van der Waals surface area (Å²) in [5.41, 5.74) is 1.26. The topological polar surface area (TPSA) is 21.3 Å². The maximum atomic E-state index is 5.35. The third-order valence-corrected chi connectivity index (χ3v) is 2.69. The molecule has 13 heavy (non-hydrogen) atoms. The molecule has 0 aliphatic carbocycles. The summed E-state index contributed by atoms with van der Waals surface area (Å²) in [6.45, 7) is 11.2. The molecule has 0 bridgehead atoms. The van der Waals surface area contributed by atoms with Gasteiger partial charge in [-0.3, -0.25) is 0 Å². The summed E-state index contributed by atoms with van der Waals surface area (Å²) in [7, 11) is 0. The van der Waals surface area contributed by atoms with Gasteiger partial charge in [-0.2, -0.15) is 0 Å². The first-order valence-corrected chi connectivity index (χ1v) is 5.22. The highest BCUT2D eigenvalue weighted by Crippen LogP contribution is 2.22. The summed E-state index contributed by atoms with van der Waals surface area (Å²) in [4.78, 5) is 0. The molecule has 1 aliphatic rings. The lowest BCUT2D eigenvalue weighted by Gasteiger charge is -2.31. The van der Waals surface area contributed by atoms with Crippen LogP contribution in [0.4, 0.5) is 0 Å². The molecule has 2 heteroatoms. The van der Waals surface area contributed by atoms with E-state index in [0.717, 1.165) is 25.7 Å². The number of ether oxygens (including phenoxy) is 1. The number of hydrogen-bond donors (Lipinski definition) is 1. The van der Waals surface area contributed by atoms with Crippen molar-refractivity contribution in [2.45, 2.75) is 32.7 Å². The Morgan fingerprint density at radius 1 is 1.54 bits per heavy atom. The van der Waals surface area contributed by atoms with Crippen molar-refractivity contribution >= 4 is 0 Å². The summed E-state index contributed by atoms with van der Waals surface area (Å²) >= 11 is 0. The molecule has 1 N–H and O–H groups in total. The fourth-order valence-electron chi connectivity index (χ4n) is 2.01. The fourth-order valence-corrected chi connectivity index (χ4v) is 2.01. The summed E-state index contributed by atoms with van der Waals surface area (Å²) in [5, 5.41) is 3.50. The summed E-state index contributed by atoms with van der Waals surface area (Å²) in [6, 6.07) is 0.494. The number of rotatable bonds is 4. The normalized spacial score (nSPS) is 21.4. The Kier molecular flexibility index (Phi) is 4.46. The number of likely N-dealkylation sites (N-methyl/N-ethyl adjacent to an activating group) is 1. The average Bonchev–Trinajstić information content (AvgIpc) is 2.15. The van der Waals surface area contributed by atoms with Gasteiger partial charge in [-0.05, 0) is 32.2 Å². The molecule has 1 unspecified atom stereocenters. The van der Waals surface area contributed by atoms with E-state index in [4.69, 9.17) is 4.74 Å². The number of nitrogens with one attached hydrogen (secondary N) is 1. The van der Waals surface area contributed by atoms with Crippen LogP contribution in [0, 0.1) is 5.92 Å². The molecular weight excluding hydrogens is 162 g/mol.